The summed E-state index contributed by atoms with van der Waals surface area (Å²) in [6.45, 7) is 4.33. The van der Waals surface area contributed by atoms with E-state index in [0.717, 1.165) is 13.1 Å². The van der Waals surface area contributed by atoms with Gasteiger partial charge in [-0.3, -0.25) is 4.98 Å². The molecule has 0 atom stereocenters. The van der Waals surface area contributed by atoms with Crippen molar-refractivity contribution < 1.29 is 5.32 Å². The maximum Gasteiger partial charge on any atom is 0.103 e. The number of quaternary nitrogens is 1. The Labute approximate surface area is 61.3 Å². The van der Waals surface area contributed by atoms with Crippen LogP contribution in [0, 0.1) is 0 Å². The molecule has 0 aliphatic carbocycles. The third-order valence-corrected chi connectivity index (χ3v) is 1.39. The molecule has 2 heteroatoms. The Balaban J connectivity index is 2.43. The minimum Gasteiger partial charge on any atom is -0.343 e. The van der Waals surface area contributed by atoms with Crippen LogP contribution in [0.2, 0.25) is 0 Å². The maximum absolute atomic E-state index is 4.02. The predicted molar refractivity (Wildman–Crippen MR) is 40.4 cm³/mol. The van der Waals surface area contributed by atoms with Crippen LogP contribution in [0.5, 0.6) is 0 Å². The van der Waals surface area contributed by atoms with Crippen LogP contribution in [0.15, 0.2) is 24.5 Å². The number of aromatic nitrogens is 1. The second kappa shape index (κ2) is 4.01. The summed E-state index contributed by atoms with van der Waals surface area (Å²) in [5, 5.41) is 2.25. The molecule has 0 fully saturated rings. The van der Waals surface area contributed by atoms with Crippen molar-refractivity contribution in [2.24, 2.45) is 0 Å². The van der Waals surface area contributed by atoms with Crippen LogP contribution in [0.1, 0.15) is 12.5 Å². The van der Waals surface area contributed by atoms with Gasteiger partial charge in [-0.25, -0.2) is 0 Å². The lowest BCUT2D eigenvalue weighted by Gasteiger charge is -1.95. The van der Waals surface area contributed by atoms with Crippen molar-refractivity contribution in [3.63, 3.8) is 0 Å². The fourth-order valence-corrected chi connectivity index (χ4v) is 0.830. The van der Waals surface area contributed by atoms with Gasteiger partial charge in [0.15, 0.2) is 0 Å². The summed E-state index contributed by atoms with van der Waals surface area (Å²) in [5.74, 6) is 0. The lowest BCUT2D eigenvalue weighted by Crippen LogP contribution is -2.81. The number of pyridine rings is 1. The summed E-state index contributed by atoms with van der Waals surface area (Å²) >= 11 is 0. The zero-order valence-corrected chi connectivity index (χ0v) is 6.25. The molecule has 0 unspecified atom stereocenters. The molecule has 1 rings (SSSR count). The second-order valence-corrected chi connectivity index (χ2v) is 2.26. The third-order valence-electron chi connectivity index (χ3n) is 1.39. The van der Waals surface area contributed by atoms with E-state index >= 15 is 0 Å². The van der Waals surface area contributed by atoms with E-state index in [1.807, 2.05) is 12.3 Å². The van der Waals surface area contributed by atoms with Crippen LogP contribution in [0.3, 0.4) is 0 Å². The van der Waals surface area contributed by atoms with Gasteiger partial charge in [0, 0.05) is 18.0 Å². The van der Waals surface area contributed by atoms with E-state index in [1.165, 1.54) is 5.56 Å². The third kappa shape index (κ3) is 2.15. The highest BCUT2D eigenvalue weighted by Crippen LogP contribution is 1.90. The summed E-state index contributed by atoms with van der Waals surface area (Å²) < 4.78 is 0. The van der Waals surface area contributed by atoms with E-state index < -0.39 is 0 Å². The Morgan fingerprint density at radius 3 is 3.10 bits per heavy atom. The van der Waals surface area contributed by atoms with Gasteiger partial charge in [0.2, 0.25) is 0 Å². The summed E-state index contributed by atoms with van der Waals surface area (Å²) in [7, 11) is 0. The second-order valence-electron chi connectivity index (χ2n) is 2.26. The molecule has 0 aliphatic rings. The fourth-order valence-electron chi connectivity index (χ4n) is 0.830. The van der Waals surface area contributed by atoms with Crippen LogP contribution in [0.4, 0.5) is 0 Å². The van der Waals surface area contributed by atoms with Crippen LogP contribution in [-0.4, -0.2) is 11.5 Å². The van der Waals surface area contributed by atoms with Crippen molar-refractivity contribution in [3.05, 3.63) is 30.1 Å². The van der Waals surface area contributed by atoms with Gasteiger partial charge < -0.3 is 5.32 Å². The lowest BCUT2D eigenvalue weighted by atomic mass is 10.3. The van der Waals surface area contributed by atoms with Crippen LogP contribution in [-0.2, 0) is 6.54 Å². The predicted octanol–water partition coefficient (Wildman–Crippen LogP) is 0.165. The minimum atomic E-state index is 1.05. The fraction of sp³-hybridized carbons (Fsp3) is 0.375. The van der Waals surface area contributed by atoms with Crippen molar-refractivity contribution in [2.75, 3.05) is 6.54 Å². The lowest BCUT2D eigenvalue weighted by molar-refractivity contribution is -0.667. The van der Waals surface area contributed by atoms with Gasteiger partial charge in [0.1, 0.15) is 6.54 Å². The number of rotatable bonds is 3. The first-order valence-electron chi connectivity index (χ1n) is 3.64. The Kier molecular flexibility index (Phi) is 2.90. The zero-order valence-electron chi connectivity index (χ0n) is 6.25. The van der Waals surface area contributed by atoms with E-state index in [0.29, 0.717) is 0 Å². The molecule has 1 aromatic rings. The molecule has 10 heavy (non-hydrogen) atoms. The molecule has 0 amide bonds. The summed E-state index contributed by atoms with van der Waals surface area (Å²) in [6, 6.07) is 4.07. The molecule has 1 heterocycles. The van der Waals surface area contributed by atoms with Crippen LogP contribution in [0.25, 0.3) is 0 Å². The molecular formula is C8H13N2+. The molecule has 1 aromatic heterocycles. The van der Waals surface area contributed by atoms with Gasteiger partial charge in [0.05, 0.1) is 6.54 Å². The van der Waals surface area contributed by atoms with E-state index in [1.54, 1.807) is 6.20 Å². The average molecular weight is 137 g/mol. The largest absolute Gasteiger partial charge is 0.343 e. The SMILES string of the molecule is CC[NH2+]Cc1cccnc1. The van der Waals surface area contributed by atoms with Gasteiger partial charge in [-0.15, -0.1) is 0 Å². The van der Waals surface area contributed by atoms with Gasteiger partial charge in [-0.2, -0.15) is 0 Å². The highest BCUT2D eigenvalue weighted by atomic mass is 14.8. The normalized spacial score (nSPS) is 9.70. The molecule has 0 aliphatic heterocycles. The van der Waals surface area contributed by atoms with Crippen molar-refractivity contribution in [3.8, 4) is 0 Å². The first kappa shape index (κ1) is 7.22. The molecule has 0 saturated heterocycles. The number of nitrogens with zero attached hydrogens (tertiary/aromatic N) is 1. The molecular weight excluding hydrogens is 124 g/mol. The van der Waals surface area contributed by atoms with Gasteiger partial charge >= 0.3 is 0 Å². The van der Waals surface area contributed by atoms with Gasteiger partial charge in [-0.1, -0.05) is 6.07 Å². The molecule has 2 nitrogen and oxygen atoms in total. The quantitative estimate of drug-likeness (QED) is 0.632. The molecule has 54 valence electrons. The molecule has 0 spiro atoms. The molecule has 0 aromatic carbocycles. The van der Waals surface area contributed by atoms with Crippen molar-refractivity contribution in [1.29, 1.82) is 0 Å². The number of hydrogen-bond donors (Lipinski definition) is 1. The van der Waals surface area contributed by atoms with E-state index in [-0.39, 0.29) is 0 Å². The van der Waals surface area contributed by atoms with Crippen LogP contribution >= 0.6 is 0 Å². The first-order chi connectivity index (χ1) is 4.93. The first-order valence-corrected chi connectivity index (χ1v) is 3.64. The Bertz CT molecular complexity index is 172. The maximum atomic E-state index is 4.02. The Morgan fingerprint density at radius 1 is 1.60 bits per heavy atom. The minimum absolute atomic E-state index is 1.05. The average Bonchev–Trinajstić information content (AvgIpc) is 2.03. The Hall–Kier alpha value is -0.890. The topological polar surface area (TPSA) is 29.5 Å². The highest BCUT2D eigenvalue weighted by Gasteiger charge is 1.90. The molecule has 0 saturated carbocycles. The molecule has 0 radical (unpaired) electrons. The Morgan fingerprint density at radius 2 is 2.50 bits per heavy atom. The smallest absolute Gasteiger partial charge is 0.103 e. The van der Waals surface area contributed by atoms with Crippen molar-refractivity contribution in [2.45, 2.75) is 13.5 Å². The highest BCUT2D eigenvalue weighted by molar-refractivity contribution is 5.05. The number of nitrogens with two attached hydrogens (primary N) is 1. The standard InChI is InChI=1S/C8H12N2/c1-2-9-6-8-4-3-5-10-7-8/h3-5,7,9H,2,6H2,1H3/p+1. The van der Waals surface area contributed by atoms with Crippen molar-refractivity contribution in [1.82, 2.24) is 4.98 Å². The molecule has 0 bridgehead atoms. The monoisotopic (exact) mass is 137 g/mol. The van der Waals surface area contributed by atoms with E-state index in [2.05, 4.69) is 23.3 Å². The summed E-state index contributed by atoms with van der Waals surface area (Å²) in [4.78, 5) is 4.02. The van der Waals surface area contributed by atoms with E-state index in [4.69, 9.17) is 0 Å². The zero-order chi connectivity index (χ0) is 7.23. The molecule has 2 N–H and O–H groups in total. The van der Waals surface area contributed by atoms with Gasteiger partial charge in [0.25, 0.3) is 0 Å². The van der Waals surface area contributed by atoms with E-state index in [9.17, 15) is 0 Å². The van der Waals surface area contributed by atoms with Crippen molar-refractivity contribution >= 4 is 0 Å². The number of hydrogen-bond acceptors (Lipinski definition) is 1. The summed E-state index contributed by atoms with van der Waals surface area (Å²) in [5.41, 5.74) is 1.30. The van der Waals surface area contributed by atoms with Gasteiger partial charge in [-0.05, 0) is 13.0 Å². The summed E-state index contributed by atoms with van der Waals surface area (Å²) in [6.07, 6.45) is 3.71. The van der Waals surface area contributed by atoms with Crippen LogP contribution < -0.4 is 5.32 Å².